The molecule has 0 bridgehead atoms. The minimum atomic E-state index is 0.587. The van der Waals surface area contributed by atoms with E-state index >= 15 is 0 Å². The molecule has 0 N–H and O–H groups in total. The molecule has 0 aliphatic rings. The second kappa shape index (κ2) is 5.88. The third-order valence-corrected chi connectivity index (χ3v) is 3.26. The van der Waals surface area contributed by atoms with Gasteiger partial charge in [-0.3, -0.25) is 4.98 Å². The van der Waals surface area contributed by atoms with Crippen LogP contribution in [0.2, 0.25) is 0 Å². The Morgan fingerprint density at radius 2 is 2.14 bits per heavy atom. The van der Waals surface area contributed by atoms with Crippen molar-refractivity contribution >= 4 is 22.7 Å². The van der Waals surface area contributed by atoms with E-state index in [2.05, 4.69) is 29.2 Å². The average molecular weight is 226 g/mol. The number of hydrogen-bond acceptors (Lipinski definition) is 4. The highest BCUT2D eigenvalue weighted by Crippen LogP contribution is 2.17. The van der Waals surface area contributed by atoms with E-state index in [1.807, 2.05) is 12.3 Å². The molecule has 2 heterocycles. The van der Waals surface area contributed by atoms with E-state index in [0.29, 0.717) is 5.92 Å². The van der Waals surface area contributed by atoms with Gasteiger partial charge >= 0.3 is 0 Å². The first-order valence-electron chi connectivity index (χ1n) is 4.44. The van der Waals surface area contributed by atoms with Gasteiger partial charge in [0.2, 0.25) is 0 Å². The van der Waals surface area contributed by atoms with Crippen molar-refractivity contribution in [2.45, 2.75) is 26.7 Å². The molecule has 2 rings (SSSR count). The summed E-state index contributed by atoms with van der Waals surface area (Å²) in [4.78, 5) is 8.07. The number of nitrogens with zero attached hydrogens (tertiary/aromatic N) is 2. The van der Waals surface area contributed by atoms with Gasteiger partial charge in [-0.1, -0.05) is 13.8 Å². The van der Waals surface area contributed by atoms with Crippen molar-refractivity contribution in [1.82, 2.24) is 9.97 Å². The minimum absolute atomic E-state index is 0.587. The molecule has 0 saturated heterocycles. The Hall–Kier alpha value is -0.740. The highest BCUT2D eigenvalue weighted by Gasteiger charge is 2.01. The van der Waals surface area contributed by atoms with Crippen LogP contribution in [0.1, 0.15) is 30.5 Å². The summed E-state index contributed by atoms with van der Waals surface area (Å²) >= 11 is 3.35. The second-order valence-corrected chi connectivity index (χ2v) is 4.80. The zero-order chi connectivity index (χ0) is 10.4. The highest BCUT2D eigenvalue weighted by atomic mass is 32.1. The molecule has 0 amide bonds. The van der Waals surface area contributed by atoms with Crippen molar-refractivity contribution in [2.75, 3.05) is 0 Å². The summed E-state index contributed by atoms with van der Waals surface area (Å²) < 4.78 is 0. The largest absolute Gasteiger partial charge is 0.253 e. The van der Waals surface area contributed by atoms with E-state index < -0.39 is 0 Å². The third kappa shape index (κ3) is 3.98. The zero-order valence-electron chi connectivity index (χ0n) is 8.60. The lowest BCUT2D eigenvalue weighted by molar-refractivity contribution is 0.847. The van der Waals surface area contributed by atoms with Gasteiger partial charge in [-0.05, 0) is 6.92 Å². The quantitative estimate of drug-likeness (QED) is 0.740. The average Bonchev–Trinajstić information content (AvgIpc) is 2.74. The van der Waals surface area contributed by atoms with Crippen molar-refractivity contribution in [3.63, 3.8) is 0 Å². The maximum Gasteiger partial charge on any atom is 0.0953 e. The first-order chi connectivity index (χ1) is 6.70. The topological polar surface area (TPSA) is 25.8 Å². The van der Waals surface area contributed by atoms with Gasteiger partial charge in [0.15, 0.2) is 0 Å². The number of rotatable bonds is 1. The second-order valence-electron chi connectivity index (χ2n) is 3.16. The lowest BCUT2D eigenvalue weighted by Crippen LogP contribution is -1.83. The molecule has 4 heteroatoms. The minimum Gasteiger partial charge on any atom is -0.253 e. The molecule has 0 saturated carbocycles. The summed E-state index contributed by atoms with van der Waals surface area (Å²) in [5.41, 5.74) is 2.93. The molecule has 0 aliphatic carbocycles. The molecule has 2 aromatic rings. The Morgan fingerprint density at radius 1 is 1.36 bits per heavy atom. The number of aryl methyl sites for hydroxylation is 1. The molecular weight excluding hydrogens is 212 g/mol. The van der Waals surface area contributed by atoms with Gasteiger partial charge in [0.25, 0.3) is 0 Å². The summed E-state index contributed by atoms with van der Waals surface area (Å²) in [6, 6.07) is 0. The van der Waals surface area contributed by atoms with Gasteiger partial charge in [0.1, 0.15) is 0 Å². The van der Waals surface area contributed by atoms with Crippen molar-refractivity contribution < 1.29 is 0 Å². The van der Waals surface area contributed by atoms with E-state index in [1.54, 1.807) is 34.4 Å². The van der Waals surface area contributed by atoms with Gasteiger partial charge in [-0.25, -0.2) is 4.98 Å². The summed E-state index contributed by atoms with van der Waals surface area (Å²) in [6.07, 6.45) is 1.77. The Morgan fingerprint density at radius 3 is 2.36 bits per heavy atom. The molecule has 14 heavy (non-hydrogen) atoms. The molecule has 0 unspecified atom stereocenters. The van der Waals surface area contributed by atoms with Gasteiger partial charge in [0.05, 0.1) is 10.5 Å². The lowest BCUT2D eigenvalue weighted by Gasteiger charge is -1.94. The summed E-state index contributed by atoms with van der Waals surface area (Å²) in [7, 11) is 0. The van der Waals surface area contributed by atoms with Crippen LogP contribution in [0.5, 0.6) is 0 Å². The van der Waals surface area contributed by atoms with E-state index in [9.17, 15) is 0 Å². The highest BCUT2D eigenvalue weighted by molar-refractivity contribution is 7.09. The van der Waals surface area contributed by atoms with Crippen LogP contribution in [0.25, 0.3) is 0 Å². The van der Waals surface area contributed by atoms with Crippen molar-refractivity contribution in [1.29, 1.82) is 0 Å². The van der Waals surface area contributed by atoms with E-state index in [-0.39, 0.29) is 0 Å². The first kappa shape index (κ1) is 11.3. The molecular formula is C10H14N2S2. The smallest absolute Gasteiger partial charge is 0.0953 e. The normalized spacial score (nSPS) is 9.71. The molecule has 0 radical (unpaired) electrons. The Balaban J connectivity index is 0.000000165. The van der Waals surface area contributed by atoms with Crippen LogP contribution in [0.4, 0.5) is 0 Å². The molecule has 0 aliphatic heterocycles. The molecule has 0 spiro atoms. The van der Waals surface area contributed by atoms with Crippen LogP contribution in [0.3, 0.4) is 0 Å². The Bertz CT molecular complexity index is 321. The fourth-order valence-electron chi connectivity index (χ4n) is 0.813. The Labute approximate surface area is 92.7 Å². The summed E-state index contributed by atoms with van der Waals surface area (Å²) in [5.74, 6) is 0.587. The standard InChI is InChI=1S/C7H11NS.C3H3NS/c1-5(2)7-8-6(3)4-9-7;1-2-5-3-4-1/h4-5H,1-3H3;1-3H. The van der Waals surface area contributed by atoms with E-state index in [1.165, 1.54) is 5.01 Å². The monoisotopic (exact) mass is 226 g/mol. The van der Waals surface area contributed by atoms with Crippen LogP contribution in [0, 0.1) is 6.92 Å². The molecule has 76 valence electrons. The maximum absolute atomic E-state index is 4.33. The number of aromatic nitrogens is 2. The van der Waals surface area contributed by atoms with E-state index in [4.69, 9.17) is 0 Å². The van der Waals surface area contributed by atoms with Crippen molar-refractivity contribution in [3.8, 4) is 0 Å². The first-order valence-corrected chi connectivity index (χ1v) is 6.26. The molecule has 0 fully saturated rings. The van der Waals surface area contributed by atoms with Gasteiger partial charge in [-0.15, -0.1) is 22.7 Å². The predicted molar refractivity (Wildman–Crippen MR) is 63.1 cm³/mol. The number of hydrogen-bond donors (Lipinski definition) is 0. The maximum atomic E-state index is 4.33. The number of thiazole rings is 2. The molecule has 2 aromatic heterocycles. The van der Waals surface area contributed by atoms with Gasteiger partial charge in [-0.2, -0.15) is 0 Å². The molecule has 0 atom stereocenters. The third-order valence-electron chi connectivity index (χ3n) is 1.48. The van der Waals surface area contributed by atoms with E-state index in [0.717, 1.165) is 5.69 Å². The van der Waals surface area contributed by atoms with Crippen LogP contribution >= 0.6 is 22.7 Å². The van der Waals surface area contributed by atoms with Gasteiger partial charge in [0, 0.05) is 28.6 Å². The van der Waals surface area contributed by atoms with Crippen LogP contribution in [-0.4, -0.2) is 9.97 Å². The van der Waals surface area contributed by atoms with Crippen LogP contribution in [-0.2, 0) is 0 Å². The predicted octanol–water partition coefficient (Wildman–Crippen LogP) is 3.72. The molecule has 0 aromatic carbocycles. The summed E-state index contributed by atoms with van der Waals surface area (Å²) in [5, 5.41) is 5.27. The zero-order valence-corrected chi connectivity index (χ0v) is 10.2. The lowest BCUT2D eigenvalue weighted by atomic mass is 10.2. The fraction of sp³-hybridized carbons (Fsp3) is 0.400. The fourth-order valence-corrected chi connectivity index (χ4v) is 1.98. The van der Waals surface area contributed by atoms with Gasteiger partial charge < -0.3 is 0 Å². The summed E-state index contributed by atoms with van der Waals surface area (Å²) in [6.45, 7) is 6.36. The van der Waals surface area contributed by atoms with Crippen molar-refractivity contribution in [3.05, 3.63) is 33.2 Å². The Kier molecular flexibility index (Phi) is 4.76. The van der Waals surface area contributed by atoms with Crippen molar-refractivity contribution in [2.24, 2.45) is 0 Å². The van der Waals surface area contributed by atoms with Crippen LogP contribution < -0.4 is 0 Å². The van der Waals surface area contributed by atoms with Crippen LogP contribution in [0.15, 0.2) is 22.5 Å². The SMILES string of the molecule is Cc1csc(C(C)C)n1.c1cscn1. The molecule has 2 nitrogen and oxygen atoms in total.